The molecule has 0 aliphatic carbocycles. The van der Waals surface area contributed by atoms with Crippen LogP contribution in [0.2, 0.25) is 0 Å². The van der Waals surface area contributed by atoms with E-state index in [1.807, 2.05) is 30.9 Å². The fourth-order valence-corrected chi connectivity index (χ4v) is 3.64. The van der Waals surface area contributed by atoms with E-state index in [9.17, 15) is 4.79 Å². The molecule has 1 aromatic heterocycles. The summed E-state index contributed by atoms with van der Waals surface area (Å²) in [4.78, 5) is 19.1. The first kappa shape index (κ1) is 14.1. The highest BCUT2D eigenvalue weighted by Gasteiger charge is 2.22. The number of aromatic nitrogens is 1. The number of fused-ring (bicyclic) bond motifs is 1. The second kappa shape index (κ2) is 5.48. The predicted octanol–water partition coefficient (Wildman–Crippen LogP) is 3.28. The average Bonchev–Trinajstić information content (AvgIpc) is 2.99. The second-order valence-electron chi connectivity index (χ2n) is 5.36. The van der Waals surface area contributed by atoms with Crippen molar-refractivity contribution in [2.45, 2.75) is 33.7 Å². The Kier molecular flexibility index (Phi) is 3.68. The Morgan fingerprint density at radius 3 is 2.90 bits per heavy atom. The quantitative estimate of drug-likeness (QED) is 0.946. The number of carbonyl (C=O) groups is 1. The number of thiazole rings is 1. The van der Waals surface area contributed by atoms with Crippen molar-refractivity contribution in [1.29, 1.82) is 0 Å². The summed E-state index contributed by atoms with van der Waals surface area (Å²) in [7, 11) is 0. The van der Waals surface area contributed by atoms with Gasteiger partial charge in [-0.1, -0.05) is 0 Å². The Hall–Kier alpha value is -1.88. The molecular formula is C16H19N3OS. The molecule has 1 amide bonds. The Balaban J connectivity index is 1.73. The smallest absolute Gasteiger partial charge is 0.223 e. The van der Waals surface area contributed by atoms with Crippen LogP contribution in [-0.4, -0.2) is 17.4 Å². The third-order valence-corrected chi connectivity index (χ3v) is 4.88. The van der Waals surface area contributed by atoms with Crippen LogP contribution in [0.5, 0.6) is 0 Å². The minimum absolute atomic E-state index is 0.116. The van der Waals surface area contributed by atoms with E-state index in [4.69, 9.17) is 0 Å². The maximum Gasteiger partial charge on any atom is 0.223 e. The van der Waals surface area contributed by atoms with Gasteiger partial charge in [0.1, 0.15) is 0 Å². The van der Waals surface area contributed by atoms with E-state index in [0.29, 0.717) is 0 Å². The number of benzene rings is 1. The molecule has 5 heteroatoms. The van der Waals surface area contributed by atoms with Crippen LogP contribution in [0, 0.1) is 13.8 Å². The van der Waals surface area contributed by atoms with Gasteiger partial charge in [0.2, 0.25) is 5.91 Å². The molecule has 2 heterocycles. The number of nitrogens with one attached hydrogen (secondary N) is 1. The first-order valence-corrected chi connectivity index (χ1v) is 7.94. The van der Waals surface area contributed by atoms with Crippen LogP contribution in [0.15, 0.2) is 18.2 Å². The monoisotopic (exact) mass is 301 g/mol. The molecule has 21 heavy (non-hydrogen) atoms. The lowest BCUT2D eigenvalue weighted by molar-refractivity contribution is -0.116. The molecule has 0 fully saturated rings. The van der Waals surface area contributed by atoms with Gasteiger partial charge in [0, 0.05) is 29.7 Å². The molecule has 1 aromatic carbocycles. The van der Waals surface area contributed by atoms with Crippen LogP contribution < -0.4 is 10.2 Å². The van der Waals surface area contributed by atoms with Gasteiger partial charge in [-0.3, -0.25) is 4.79 Å². The number of rotatable bonds is 3. The standard InChI is InChI=1S/C16H19N3OS/c1-10-16(21-11(2)18-10)9-17-14-4-5-15-13(8-14)6-7-19(15)12(3)20/h4-5,8,17H,6-7,9H2,1-3H3. The van der Waals surface area contributed by atoms with Crippen LogP contribution in [0.3, 0.4) is 0 Å². The number of aryl methyl sites for hydroxylation is 2. The van der Waals surface area contributed by atoms with Gasteiger partial charge in [-0.25, -0.2) is 4.98 Å². The summed E-state index contributed by atoms with van der Waals surface area (Å²) >= 11 is 1.74. The van der Waals surface area contributed by atoms with E-state index in [2.05, 4.69) is 16.4 Å². The topological polar surface area (TPSA) is 45.2 Å². The summed E-state index contributed by atoms with van der Waals surface area (Å²) in [5.74, 6) is 0.116. The average molecular weight is 301 g/mol. The van der Waals surface area contributed by atoms with Gasteiger partial charge in [-0.05, 0) is 44.0 Å². The molecule has 0 unspecified atom stereocenters. The Bertz CT molecular complexity index is 693. The Morgan fingerprint density at radius 2 is 2.24 bits per heavy atom. The summed E-state index contributed by atoms with van der Waals surface area (Å²) in [6, 6.07) is 6.24. The number of nitrogens with zero attached hydrogens (tertiary/aromatic N) is 2. The van der Waals surface area contributed by atoms with Crippen LogP contribution in [0.25, 0.3) is 0 Å². The lowest BCUT2D eigenvalue weighted by Crippen LogP contribution is -2.25. The van der Waals surface area contributed by atoms with Crippen molar-refractivity contribution in [3.63, 3.8) is 0 Å². The zero-order valence-electron chi connectivity index (χ0n) is 12.6. The fourth-order valence-electron chi connectivity index (χ4n) is 2.76. The van der Waals surface area contributed by atoms with Gasteiger partial charge in [0.15, 0.2) is 0 Å². The normalized spacial score (nSPS) is 13.4. The third-order valence-electron chi connectivity index (χ3n) is 3.81. The van der Waals surface area contributed by atoms with Gasteiger partial charge in [0.05, 0.1) is 17.2 Å². The summed E-state index contributed by atoms with van der Waals surface area (Å²) in [5.41, 5.74) is 4.50. The van der Waals surface area contributed by atoms with Gasteiger partial charge in [0.25, 0.3) is 0 Å². The third kappa shape index (κ3) is 2.78. The molecule has 1 aliphatic heterocycles. The minimum Gasteiger partial charge on any atom is -0.380 e. The molecule has 1 aliphatic rings. The summed E-state index contributed by atoms with van der Waals surface area (Å²) in [5, 5.41) is 4.56. The lowest BCUT2D eigenvalue weighted by Gasteiger charge is -2.15. The first-order chi connectivity index (χ1) is 10.0. The molecule has 110 valence electrons. The van der Waals surface area contributed by atoms with E-state index in [1.54, 1.807) is 18.3 Å². The van der Waals surface area contributed by atoms with Crippen molar-refractivity contribution in [1.82, 2.24) is 4.98 Å². The van der Waals surface area contributed by atoms with E-state index < -0.39 is 0 Å². The highest BCUT2D eigenvalue weighted by Crippen LogP contribution is 2.30. The summed E-state index contributed by atoms with van der Waals surface area (Å²) < 4.78 is 0. The van der Waals surface area contributed by atoms with Gasteiger partial charge in [-0.15, -0.1) is 11.3 Å². The van der Waals surface area contributed by atoms with Crippen molar-refractivity contribution in [3.8, 4) is 0 Å². The lowest BCUT2D eigenvalue weighted by atomic mass is 10.1. The molecule has 0 bridgehead atoms. The molecular weight excluding hydrogens is 282 g/mol. The molecule has 0 spiro atoms. The van der Waals surface area contributed by atoms with Crippen LogP contribution in [0.1, 0.15) is 28.1 Å². The van der Waals surface area contributed by atoms with Crippen LogP contribution >= 0.6 is 11.3 Å². The van der Waals surface area contributed by atoms with E-state index in [0.717, 1.165) is 41.6 Å². The van der Waals surface area contributed by atoms with E-state index in [-0.39, 0.29) is 5.91 Å². The predicted molar refractivity (Wildman–Crippen MR) is 87.1 cm³/mol. The largest absolute Gasteiger partial charge is 0.380 e. The van der Waals surface area contributed by atoms with Crippen molar-refractivity contribution in [2.24, 2.45) is 0 Å². The number of anilines is 2. The Labute approximate surface area is 128 Å². The first-order valence-electron chi connectivity index (χ1n) is 7.12. The van der Waals surface area contributed by atoms with E-state index in [1.165, 1.54) is 10.4 Å². The van der Waals surface area contributed by atoms with Gasteiger partial charge in [-0.2, -0.15) is 0 Å². The van der Waals surface area contributed by atoms with Crippen LogP contribution in [0.4, 0.5) is 11.4 Å². The van der Waals surface area contributed by atoms with E-state index >= 15 is 0 Å². The minimum atomic E-state index is 0.116. The molecule has 1 N–H and O–H groups in total. The van der Waals surface area contributed by atoms with Crippen molar-refractivity contribution >= 4 is 28.6 Å². The van der Waals surface area contributed by atoms with Gasteiger partial charge < -0.3 is 10.2 Å². The SMILES string of the molecule is CC(=O)N1CCc2cc(NCc3sc(C)nc3C)ccc21. The molecule has 3 rings (SSSR count). The fraction of sp³-hybridized carbons (Fsp3) is 0.375. The number of hydrogen-bond acceptors (Lipinski definition) is 4. The zero-order valence-corrected chi connectivity index (χ0v) is 13.4. The van der Waals surface area contributed by atoms with Gasteiger partial charge >= 0.3 is 0 Å². The highest BCUT2D eigenvalue weighted by atomic mass is 32.1. The maximum absolute atomic E-state index is 11.5. The molecule has 0 saturated carbocycles. The molecule has 0 atom stereocenters. The summed E-state index contributed by atoms with van der Waals surface area (Å²) in [6.45, 7) is 7.30. The molecule has 2 aromatic rings. The maximum atomic E-state index is 11.5. The van der Waals surface area contributed by atoms with Crippen molar-refractivity contribution < 1.29 is 4.79 Å². The number of amides is 1. The molecule has 4 nitrogen and oxygen atoms in total. The number of hydrogen-bond donors (Lipinski definition) is 1. The van der Waals surface area contributed by atoms with Crippen molar-refractivity contribution in [3.05, 3.63) is 39.3 Å². The molecule has 0 saturated heterocycles. The summed E-state index contributed by atoms with van der Waals surface area (Å²) in [6.07, 6.45) is 0.934. The zero-order chi connectivity index (χ0) is 15.0. The Morgan fingerprint density at radius 1 is 1.43 bits per heavy atom. The highest BCUT2D eigenvalue weighted by molar-refractivity contribution is 7.11. The number of carbonyl (C=O) groups excluding carboxylic acids is 1. The van der Waals surface area contributed by atoms with Crippen LogP contribution in [-0.2, 0) is 17.8 Å². The van der Waals surface area contributed by atoms with Crippen molar-refractivity contribution in [2.75, 3.05) is 16.8 Å². The molecule has 0 radical (unpaired) electrons. The second-order valence-corrected chi connectivity index (χ2v) is 6.65.